The molecule has 5 rings (SSSR count). The van der Waals surface area contributed by atoms with E-state index in [0.717, 1.165) is 46.6 Å². The monoisotopic (exact) mass is 477 g/mol. The van der Waals surface area contributed by atoms with Gasteiger partial charge < -0.3 is 4.57 Å². The number of imide groups is 1. The van der Waals surface area contributed by atoms with E-state index < -0.39 is 0 Å². The van der Waals surface area contributed by atoms with E-state index in [1.807, 2.05) is 79.0 Å². The van der Waals surface area contributed by atoms with Crippen molar-refractivity contribution >= 4 is 39.9 Å². The topological polar surface area (TPSA) is 66.1 Å². The second kappa shape index (κ2) is 10.0. The normalized spacial score (nSPS) is 14.7. The molecular weight excluding hydrogens is 454 g/mol. The van der Waals surface area contributed by atoms with Gasteiger partial charge in [0.25, 0.3) is 11.1 Å². The Balaban J connectivity index is 1.36. The zero-order valence-corrected chi connectivity index (χ0v) is 19.9. The molecule has 0 unspecified atom stereocenters. The summed E-state index contributed by atoms with van der Waals surface area (Å²) in [6, 6.07) is 27.8. The van der Waals surface area contributed by atoms with Crippen LogP contribution >= 0.6 is 11.8 Å². The summed E-state index contributed by atoms with van der Waals surface area (Å²) in [5.41, 5.74) is 4.86. The van der Waals surface area contributed by atoms with Crippen LogP contribution in [0.5, 0.6) is 0 Å². The molecule has 4 aromatic rings. The first-order valence-electron chi connectivity index (χ1n) is 11.5. The van der Waals surface area contributed by atoms with Gasteiger partial charge in [0.2, 0.25) is 0 Å². The van der Waals surface area contributed by atoms with Crippen LogP contribution in [-0.4, -0.2) is 27.2 Å². The Morgan fingerprint density at radius 2 is 1.63 bits per heavy atom. The van der Waals surface area contributed by atoms with E-state index >= 15 is 0 Å². The van der Waals surface area contributed by atoms with E-state index in [-0.39, 0.29) is 11.1 Å². The molecule has 0 N–H and O–H groups in total. The van der Waals surface area contributed by atoms with Crippen molar-refractivity contribution in [2.75, 3.05) is 6.54 Å². The molecule has 1 aromatic heterocycles. The van der Waals surface area contributed by atoms with Gasteiger partial charge in [-0.25, -0.2) is 0 Å². The van der Waals surface area contributed by atoms with Crippen LogP contribution in [0.1, 0.15) is 28.7 Å². The maximum atomic E-state index is 13.0. The molecule has 3 aromatic carbocycles. The zero-order valence-electron chi connectivity index (χ0n) is 19.1. The van der Waals surface area contributed by atoms with Crippen molar-refractivity contribution in [3.05, 3.63) is 112 Å². The Bertz CT molecular complexity index is 1460. The number of nitrogens with zero attached hydrogens (tertiary/aromatic N) is 3. The van der Waals surface area contributed by atoms with Gasteiger partial charge in [-0.1, -0.05) is 60.7 Å². The first-order valence-corrected chi connectivity index (χ1v) is 12.3. The molecule has 1 aliphatic heterocycles. The fourth-order valence-electron chi connectivity index (χ4n) is 4.32. The number of para-hydroxylation sites is 1. The highest BCUT2D eigenvalue weighted by atomic mass is 32.2. The molecule has 2 heterocycles. The summed E-state index contributed by atoms with van der Waals surface area (Å²) < 4.78 is 2.13. The number of fused-ring (bicyclic) bond motifs is 1. The van der Waals surface area contributed by atoms with Crippen molar-refractivity contribution in [1.82, 2.24) is 9.47 Å². The Hall–Kier alpha value is -4.08. The Morgan fingerprint density at radius 3 is 2.40 bits per heavy atom. The van der Waals surface area contributed by atoms with Crippen LogP contribution in [0.2, 0.25) is 0 Å². The van der Waals surface area contributed by atoms with Crippen LogP contribution in [-0.2, 0) is 17.8 Å². The van der Waals surface area contributed by atoms with Gasteiger partial charge in [0, 0.05) is 35.8 Å². The quantitative estimate of drug-likeness (QED) is 0.296. The molecule has 5 nitrogen and oxygen atoms in total. The van der Waals surface area contributed by atoms with Crippen LogP contribution in [0.25, 0.3) is 17.0 Å². The molecule has 1 aliphatic rings. The summed E-state index contributed by atoms with van der Waals surface area (Å²) in [7, 11) is 0. The highest BCUT2D eigenvalue weighted by Gasteiger charge is 2.34. The van der Waals surface area contributed by atoms with E-state index in [9.17, 15) is 9.59 Å². The zero-order chi connectivity index (χ0) is 24.2. The van der Waals surface area contributed by atoms with Crippen molar-refractivity contribution in [3.8, 4) is 6.07 Å². The van der Waals surface area contributed by atoms with Crippen molar-refractivity contribution in [2.45, 2.75) is 19.4 Å². The third kappa shape index (κ3) is 4.91. The summed E-state index contributed by atoms with van der Waals surface area (Å²) >= 11 is 1.01. The lowest BCUT2D eigenvalue weighted by Gasteiger charge is -2.12. The van der Waals surface area contributed by atoms with E-state index in [1.54, 1.807) is 0 Å². The maximum absolute atomic E-state index is 13.0. The molecule has 172 valence electrons. The number of aryl methyl sites for hydroxylation is 1. The number of amides is 2. The fourth-order valence-corrected chi connectivity index (χ4v) is 5.18. The van der Waals surface area contributed by atoms with Crippen LogP contribution in [0, 0.1) is 11.3 Å². The molecule has 0 aliphatic carbocycles. The number of hydrogen-bond acceptors (Lipinski definition) is 4. The minimum absolute atomic E-state index is 0.212. The van der Waals surface area contributed by atoms with E-state index in [4.69, 9.17) is 5.26 Å². The highest BCUT2D eigenvalue weighted by molar-refractivity contribution is 8.18. The number of rotatable bonds is 7. The van der Waals surface area contributed by atoms with Gasteiger partial charge in [-0.2, -0.15) is 5.26 Å². The number of carbonyl (C=O) groups excluding carboxylic acids is 2. The lowest BCUT2D eigenvalue weighted by molar-refractivity contribution is -0.122. The SMILES string of the molecule is N#Cc1ccc(Cn2cc(/C=C3\SC(=O)N(CCCc4ccccc4)C3=O)c3ccccc32)cc1. The minimum Gasteiger partial charge on any atom is -0.342 e. The molecule has 1 saturated heterocycles. The van der Waals surface area contributed by atoms with Crippen molar-refractivity contribution in [1.29, 1.82) is 5.26 Å². The third-order valence-corrected chi connectivity index (χ3v) is 7.01. The van der Waals surface area contributed by atoms with E-state index in [1.165, 1.54) is 10.5 Å². The van der Waals surface area contributed by atoms with Crippen LogP contribution in [0.3, 0.4) is 0 Å². The molecule has 0 saturated carbocycles. The molecular formula is C29H23N3O2S. The first-order chi connectivity index (χ1) is 17.1. The summed E-state index contributed by atoms with van der Waals surface area (Å²) in [6.45, 7) is 1.05. The second-order valence-electron chi connectivity index (χ2n) is 8.46. The summed E-state index contributed by atoms with van der Waals surface area (Å²) in [5.74, 6) is -0.225. The molecule has 1 fully saturated rings. The summed E-state index contributed by atoms with van der Waals surface area (Å²) in [4.78, 5) is 27.4. The fraction of sp³-hybridized carbons (Fsp3) is 0.138. The van der Waals surface area contributed by atoms with Crippen molar-refractivity contribution < 1.29 is 9.59 Å². The molecule has 0 bridgehead atoms. The number of hydrogen-bond donors (Lipinski definition) is 0. The highest BCUT2D eigenvalue weighted by Crippen LogP contribution is 2.34. The standard InChI is InChI=1S/C29H23N3O2S/c30-18-22-12-14-23(15-13-22)19-31-20-24(25-10-4-5-11-26(25)31)17-27-28(33)32(29(34)35-27)16-6-9-21-7-2-1-3-8-21/h1-5,7-8,10-15,17,20H,6,9,16,19H2/b27-17-. The van der Waals surface area contributed by atoms with Gasteiger partial charge in [0.1, 0.15) is 0 Å². The Kier molecular flexibility index (Phi) is 6.51. The van der Waals surface area contributed by atoms with Gasteiger partial charge in [-0.3, -0.25) is 14.5 Å². The maximum Gasteiger partial charge on any atom is 0.293 e. The van der Waals surface area contributed by atoms with Crippen molar-refractivity contribution in [2.24, 2.45) is 0 Å². The average Bonchev–Trinajstić information content (AvgIpc) is 3.37. The smallest absolute Gasteiger partial charge is 0.293 e. The molecule has 6 heteroatoms. The van der Waals surface area contributed by atoms with Crippen molar-refractivity contribution in [3.63, 3.8) is 0 Å². The Morgan fingerprint density at radius 1 is 0.886 bits per heavy atom. The lowest BCUT2D eigenvalue weighted by atomic mass is 10.1. The molecule has 0 radical (unpaired) electrons. The largest absolute Gasteiger partial charge is 0.342 e. The molecule has 0 atom stereocenters. The summed E-state index contributed by atoms with van der Waals surface area (Å²) in [6.07, 6.45) is 5.41. The lowest BCUT2D eigenvalue weighted by Crippen LogP contribution is -2.29. The number of thioether (sulfide) groups is 1. The summed E-state index contributed by atoms with van der Waals surface area (Å²) in [5, 5.41) is 9.85. The van der Waals surface area contributed by atoms with E-state index in [0.29, 0.717) is 23.6 Å². The van der Waals surface area contributed by atoms with Crippen LogP contribution in [0.4, 0.5) is 4.79 Å². The van der Waals surface area contributed by atoms with Gasteiger partial charge in [0.05, 0.1) is 16.5 Å². The van der Waals surface area contributed by atoms with Crippen LogP contribution < -0.4 is 0 Å². The first kappa shape index (κ1) is 22.7. The number of nitriles is 1. The predicted octanol–water partition coefficient (Wildman–Crippen LogP) is 6.23. The predicted molar refractivity (Wildman–Crippen MR) is 140 cm³/mol. The van der Waals surface area contributed by atoms with Gasteiger partial charge in [0.15, 0.2) is 0 Å². The molecule has 0 spiro atoms. The van der Waals surface area contributed by atoms with Gasteiger partial charge in [-0.05, 0) is 60.0 Å². The third-order valence-electron chi connectivity index (χ3n) is 6.11. The van der Waals surface area contributed by atoms with Gasteiger partial charge >= 0.3 is 0 Å². The van der Waals surface area contributed by atoms with E-state index in [2.05, 4.69) is 22.8 Å². The minimum atomic E-state index is -0.225. The molecule has 2 amide bonds. The Labute approximate surface area is 208 Å². The number of benzene rings is 3. The van der Waals surface area contributed by atoms with Crippen LogP contribution in [0.15, 0.2) is 90.0 Å². The average molecular weight is 478 g/mol. The molecule has 35 heavy (non-hydrogen) atoms. The number of aromatic nitrogens is 1. The second-order valence-corrected chi connectivity index (χ2v) is 9.45. The number of carbonyl (C=O) groups is 2. The van der Waals surface area contributed by atoms with Gasteiger partial charge in [-0.15, -0.1) is 0 Å².